The molecule has 216 valence electrons. The molecule has 3 aromatic heterocycles. The minimum atomic E-state index is -3.90. The molecule has 0 aliphatic heterocycles. The Bertz CT molecular complexity index is 1920. The number of sulfonamides is 1. The van der Waals surface area contributed by atoms with Crippen molar-refractivity contribution in [2.24, 2.45) is 0 Å². The van der Waals surface area contributed by atoms with Gasteiger partial charge in [-0.05, 0) is 67.6 Å². The van der Waals surface area contributed by atoms with Crippen molar-refractivity contribution in [1.82, 2.24) is 25.0 Å². The number of pyridine rings is 1. The summed E-state index contributed by atoms with van der Waals surface area (Å²) in [5.74, 6) is -2.17. The second-order valence-electron chi connectivity index (χ2n) is 9.25. The molecule has 1 atom stereocenters. The van der Waals surface area contributed by atoms with Gasteiger partial charge in [0.25, 0.3) is 5.91 Å². The quantitative estimate of drug-likeness (QED) is 0.189. The van der Waals surface area contributed by atoms with Gasteiger partial charge in [-0.1, -0.05) is 12.1 Å². The predicted octanol–water partition coefficient (Wildman–Crippen LogP) is 4.62. The van der Waals surface area contributed by atoms with Gasteiger partial charge in [-0.2, -0.15) is 0 Å². The van der Waals surface area contributed by atoms with E-state index in [0.29, 0.717) is 11.4 Å². The van der Waals surface area contributed by atoms with Gasteiger partial charge in [-0.15, -0.1) is 11.3 Å². The van der Waals surface area contributed by atoms with E-state index in [1.165, 1.54) is 36.8 Å². The van der Waals surface area contributed by atoms with Crippen LogP contribution in [-0.4, -0.2) is 36.3 Å². The summed E-state index contributed by atoms with van der Waals surface area (Å²) in [6.45, 7) is 1.88. The van der Waals surface area contributed by atoms with Crippen molar-refractivity contribution in [2.75, 3.05) is 18.1 Å². The highest BCUT2D eigenvalue weighted by Crippen LogP contribution is 2.32. The number of anilines is 2. The summed E-state index contributed by atoms with van der Waals surface area (Å²) in [7, 11) is -2.65. The average Bonchev–Trinajstić information content (AvgIpc) is 3.46. The minimum Gasteiger partial charge on any atom is -0.383 e. The summed E-state index contributed by atoms with van der Waals surface area (Å²) >= 11 is 1.51. The molecule has 42 heavy (non-hydrogen) atoms. The zero-order valence-corrected chi connectivity index (χ0v) is 24.0. The van der Waals surface area contributed by atoms with Gasteiger partial charge < -0.3 is 16.4 Å². The molecule has 14 heteroatoms. The maximum atomic E-state index is 13.8. The Morgan fingerprint density at radius 1 is 1.02 bits per heavy atom. The lowest BCUT2D eigenvalue weighted by atomic mass is 10.1. The Labute approximate surface area is 244 Å². The molecule has 5 rings (SSSR count). The third kappa shape index (κ3) is 6.05. The van der Waals surface area contributed by atoms with Gasteiger partial charge in [0.15, 0.2) is 11.6 Å². The summed E-state index contributed by atoms with van der Waals surface area (Å²) in [5, 5.41) is 6.56. The second-order valence-corrected chi connectivity index (χ2v) is 12.3. The monoisotopic (exact) mass is 609 g/mol. The third-order valence-corrected chi connectivity index (χ3v) is 9.04. The minimum absolute atomic E-state index is 0.0393. The molecule has 1 amide bonds. The molecule has 0 fully saturated rings. The zero-order valence-electron chi connectivity index (χ0n) is 22.4. The first-order valence-electron chi connectivity index (χ1n) is 12.6. The van der Waals surface area contributed by atoms with Crippen LogP contribution in [0.4, 0.5) is 20.4 Å². The number of nitrogen functional groups attached to an aromatic ring is 1. The van der Waals surface area contributed by atoms with Gasteiger partial charge in [0.05, 0.1) is 23.7 Å². The van der Waals surface area contributed by atoms with E-state index in [1.807, 2.05) is 30.3 Å². The van der Waals surface area contributed by atoms with Crippen molar-refractivity contribution in [3.8, 4) is 10.4 Å². The van der Waals surface area contributed by atoms with Crippen LogP contribution < -0.4 is 21.1 Å². The van der Waals surface area contributed by atoms with Crippen LogP contribution in [0.25, 0.3) is 21.3 Å². The molecule has 0 saturated carbocycles. The van der Waals surface area contributed by atoms with Crippen molar-refractivity contribution in [3.05, 3.63) is 94.8 Å². The fraction of sp³-hybridized carbons (Fsp3) is 0.143. The molecule has 2 aromatic carbocycles. The van der Waals surface area contributed by atoms with Crippen molar-refractivity contribution in [1.29, 1.82) is 0 Å². The molecular weight excluding hydrogens is 584 g/mol. The average molecular weight is 610 g/mol. The van der Waals surface area contributed by atoms with Crippen LogP contribution in [-0.2, 0) is 16.6 Å². The molecule has 0 radical (unpaired) electrons. The van der Waals surface area contributed by atoms with Crippen molar-refractivity contribution in [2.45, 2.75) is 24.4 Å². The molecular formula is C28H25F2N7O3S2. The second kappa shape index (κ2) is 11.8. The van der Waals surface area contributed by atoms with Crippen molar-refractivity contribution >= 4 is 49.8 Å². The number of amides is 1. The van der Waals surface area contributed by atoms with E-state index in [-0.39, 0.29) is 22.8 Å². The maximum absolute atomic E-state index is 13.8. The summed E-state index contributed by atoms with van der Waals surface area (Å²) in [6, 6.07) is 13.4. The number of hydrogen-bond acceptors (Lipinski definition) is 9. The van der Waals surface area contributed by atoms with Gasteiger partial charge in [0, 0.05) is 21.3 Å². The lowest BCUT2D eigenvalue weighted by Crippen LogP contribution is -2.28. The fourth-order valence-corrected chi connectivity index (χ4v) is 5.84. The summed E-state index contributed by atoms with van der Waals surface area (Å²) in [4.78, 5) is 27.5. The van der Waals surface area contributed by atoms with Crippen molar-refractivity contribution < 1.29 is 22.0 Å². The largest absolute Gasteiger partial charge is 0.383 e. The number of nitrogens with zero attached hydrogens (tertiary/aromatic N) is 3. The molecule has 0 unspecified atom stereocenters. The number of nitrogens with one attached hydrogen (secondary N) is 3. The van der Waals surface area contributed by atoms with E-state index in [4.69, 9.17) is 5.73 Å². The first-order chi connectivity index (χ1) is 20.1. The number of carbonyl (C=O) groups is 1. The number of rotatable bonds is 9. The summed E-state index contributed by atoms with van der Waals surface area (Å²) in [6.07, 6.45) is 2.56. The van der Waals surface area contributed by atoms with Gasteiger partial charge in [-0.3, -0.25) is 4.79 Å². The molecule has 0 spiro atoms. The molecule has 10 nitrogen and oxygen atoms in total. The molecule has 0 aliphatic rings. The lowest BCUT2D eigenvalue weighted by Gasteiger charge is -2.17. The zero-order chi connectivity index (χ0) is 30.0. The molecule has 5 N–H and O–H groups in total. The van der Waals surface area contributed by atoms with Gasteiger partial charge >= 0.3 is 0 Å². The topological polar surface area (TPSA) is 152 Å². The van der Waals surface area contributed by atoms with E-state index < -0.39 is 33.6 Å². The molecule has 0 saturated heterocycles. The molecule has 0 aliphatic carbocycles. The van der Waals surface area contributed by atoms with Crippen molar-refractivity contribution in [3.63, 3.8) is 0 Å². The molecule has 3 heterocycles. The van der Waals surface area contributed by atoms with Crippen LogP contribution in [0.5, 0.6) is 0 Å². The first-order valence-corrected chi connectivity index (χ1v) is 14.9. The highest BCUT2D eigenvalue weighted by atomic mass is 32.2. The van der Waals surface area contributed by atoms with E-state index in [0.717, 1.165) is 44.6 Å². The van der Waals surface area contributed by atoms with Crippen LogP contribution in [0.1, 0.15) is 33.8 Å². The third-order valence-electron chi connectivity index (χ3n) is 6.52. The summed E-state index contributed by atoms with van der Waals surface area (Å²) < 4.78 is 54.2. The highest BCUT2D eigenvalue weighted by molar-refractivity contribution is 7.89. The van der Waals surface area contributed by atoms with Crippen LogP contribution in [0.2, 0.25) is 0 Å². The molecule has 0 bridgehead atoms. The number of fused-ring (bicyclic) bond motifs is 1. The Hall–Kier alpha value is -4.53. The Kier molecular flexibility index (Phi) is 8.11. The number of carbonyl (C=O) groups excluding carboxylic acids is 1. The van der Waals surface area contributed by atoms with E-state index in [2.05, 4.69) is 30.3 Å². The van der Waals surface area contributed by atoms with Gasteiger partial charge in [0.1, 0.15) is 22.9 Å². The maximum Gasteiger partial charge on any atom is 0.255 e. The molecule has 5 aromatic rings. The Morgan fingerprint density at radius 2 is 1.83 bits per heavy atom. The lowest BCUT2D eigenvalue weighted by molar-refractivity contribution is 0.0940. The van der Waals surface area contributed by atoms with Crippen LogP contribution >= 0.6 is 11.3 Å². The Morgan fingerprint density at radius 3 is 2.60 bits per heavy atom. The number of benzene rings is 2. The van der Waals surface area contributed by atoms with E-state index in [1.54, 1.807) is 6.92 Å². The van der Waals surface area contributed by atoms with Crippen LogP contribution in [0, 0.1) is 11.6 Å². The number of thiophene rings is 1. The Balaban J connectivity index is 1.38. The summed E-state index contributed by atoms with van der Waals surface area (Å²) in [5.41, 5.74) is 7.98. The fourth-order valence-electron chi connectivity index (χ4n) is 4.19. The SMILES string of the molecule is CNS(=O)(=O)c1cnc(NCc2ccc(-c3ccc4ncnc(N)c4c3)s2)c(C(=O)N[C@@H](C)c2ccc(F)c(F)c2)c1. The number of aromatic nitrogens is 3. The normalized spacial score (nSPS) is 12.3. The van der Waals surface area contributed by atoms with E-state index >= 15 is 0 Å². The number of nitrogens with two attached hydrogens (primary N) is 1. The standard InChI is InChI=1S/C28H25F2N7O3S2/c1-15(16-3-6-22(29)23(30)10-16)37-28(38)21-11-19(42(39,40)32-2)13-34-27(21)33-12-18-5-8-25(41-18)17-4-7-24-20(9-17)26(31)36-14-35-24/h3-11,13-15,32H,12H2,1-2H3,(H,33,34)(H,37,38)(H2,31,35,36)/t15-/m0/s1. The number of hydrogen-bond donors (Lipinski definition) is 4. The smallest absolute Gasteiger partial charge is 0.255 e. The predicted molar refractivity (Wildman–Crippen MR) is 157 cm³/mol. The van der Waals surface area contributed by atoms with Gasteiger partial charge in [-0.25, -0.2) is 36.9 Å². The van der Waals surface area contributed by atoms with Crippen LogP contribution in [0.15, 0.2) is 72.0 Å². The number of halogens is 2. The van der Waals surface area contributed by atoms with Gasteiger partial charge in [0.2, 0.25) is 10.0 Å². The van der Waals surface area contributed by atoms with E-state index in [9.17, 15) is 22.0 Å². The first kappa shape index (κ1) is 29.0. The van der Waals surface area contributed by atoms with Crippen LogP contribution in [0.3, 0.4) is 0 Å². The highest BCUT2D eigenvalue weighted by Gasteiger charge is 2.22.